The quantitative estimate of drug-likeness (QED) is 0.758. The predicted octanol–water partition coefficient (Wildman–Crippen LogP) is 3.01. The number of carbonyl (C=O) groups excluding carboxylic acids is 1. The van der Waals surface area contributed by atoms with Crippen LogP contribution in [0.4, 0.5) is 16.2 Å². The highest BCUT2D eigenvalue weighted by Crippen LogP contribution is 2.39. The number of rotatable bonds is 4. The van der Waals surface area contributed by atoms with Gasteiger partial charge in [0.15, 0.2) is 9.84 Å². The Labute approximate surface area is 159 Å². The number of fused-ring (bicyclic) bond motifs is 1. The van der Waals surface area contributed by atoms with Gasteiger partial charge in [0.1, 0.15) is 5.75 Å². The number of hydrogen-bond acceptors (Lipinski definition) is 4. The fourth-order valence-electron chi connectivity index (χ4n) is 3.99. The number of aryl methyl sites for hydroxylation is 1. The van der Waals surface area contributed by atoms with Gasteiger partial charge in [-0.1, -0.05) is 18.2 Å². The van der Waals surface area contributed by atoms with Crippen molar-refractivity contribution in [3.63, 3.8) is 0 Å². The molecular weight excluding hydrogens is 364 g/mol. The molecule has 2 amide bonds. The zero-order valence-corrected chi connectivity index (χ0v) is 16.1. The van der Waals surface area contributed by atoms with Gasteiger partial charge in [0.05, 0.1) is 30.2 Å². The third-order valence-electron chi connectivity index (χ3n) is 5.17. The second-order valence-corrected chi connectivity index (χ2v) is 9.10. The molecule has 0 aliphatic carbocycles. The van der Waals surface area contributed by atoms with Crippen LogP contribution < -0.4 is 14.5 Å². The minimum Gasteiger partial charge on any atom is -0.494 e. The Morgan fingerprint density at radius 1 is 1.00 bits per heavy atom. The van der Waals surface area contributed by atoms with E-state index in [2.05, 4.69) is 0 Å². The molecule has 0 bridgehead atoms. The Bertz CT molecular complexity index is 972. The second kappa shape index (κ2) is 6.56. The highest BCUT2D eigenvalue weighted by atomic mass is 32.2. The van der Waals surface area contributed by atoms with Crippen molar-refractivity contribution in [1.29, 1.82) is 0 Å². The maximum absolute atomic E-state index is 13.3. The van der Waals surface area contributed by atoms with E-state index in [1.54, 1.807) is 21.9 Å². The fraction of sp³-hybridized carbons (Fsp3) is 0.350. The molecule has 0 N–H and O–H groups in total. The van der Waals surface area contributed by atoms with Crippen LogP contribution in [0.1, 0.15) is 12.5 Å². The molecule has 2 aromatic carbocycles. The monoisotopic (exact) mass is 386 g/mol. The molecule has 142 valence electrons. The molecule has 2 aliphatic rings. The summed E-state index contributed by atoms with van der Waals surface area (Å²) in [4.78, 5) is 16.6. The van der Waals surface area contributed by atoms with Crippen LogP contribution in [0.25, 0.3) is 0 Å². The minimum absolute atomic E-state index is 0.00866. The summed E-state index contributed by atoms with van der Waals surface area (Å²) in [6.45, 7) is 4.40. The lowest BCUT2D eigenvalue weighted by atomic mass is 10.1. The molecule has 6 nitrogen and oxygen atoms in total. The molecular formula is C20H22N2O4S. The molecule has 27 heavy (non-hydrogen) atoms. The number of benzene rings is 2. The highest BCUT2D eigenvalue weighted by Gasteiger charge is 2.54. The molecule has 2 saturated heterocycles. The molecule has 0 spiro atoms. The van der Waals surface area contributed by atoms with Gasteiger partial charge in [0, 0.05) is 11.4 Å². The van der Waals surface area contributed by atoms with Crippen LogP contribution in [-0.4, -0.2) is 44.6 Å². The van der Waals surface area contributed by atoms with Crippen molar-refractivity contribution >= 4 is 27.2 Å². The maximum Gasteiger partial charge on any atom is 0.329 e. The molecule has 2 atom stereocenters. The van der Waals surface area contributed by atoms with E-state index in [1.807, 2.05) is 50.2 Å². The second-order valence-electron chi connectivity index (χ2n) is 6.95. The van der Waals surface area contributed by atoms with E-state index in [1.165, 1.54) is 0 Å². The van der Waals surface area contributed by atoms with E-state index in [9.17, 15) is 13.2 Å². The van der Waals surface area contributed by atoms with Crippen LogP contribution >= 0.6 is 0 Å². The zero-order chi connectivity index (χ0) is 19.2. The van der Waals surface area contributed by atoms with Crippen molar-refractivity contribution in [3.05, 3.63) is 54.1 Å². The lowest BCUT2D eigenvalue weighted by Crippen LogP contribution is -2.38. The van der Waals surface area contributed by atoms with Gasteiger partial charge < -0.3 is 4.74 Å². The molecule has 7 heteroatoms. The summed E-state index contributed by atoms with van der Waals surface area (Å²) >= 11 is 0. The largest absolute Gasteiger partial charge is 0.494 e. The number of nitrogens with zero attached hydrogens (tertiary/aromatic N) is 2. The van der Waals surface area contributed by atoms with Gasteiger partial charge in [-0.3, -0.25) is 9.80 Å². The van der Waals surface area contributed by atoms with E-state index in [0.29, 0.717) is 12.3 Å². The van der Waals surface area contributed by atoms with Gasteiger partial charge in [0.25, 0.3) is 0 Å². The molecule has 2 fully saturated rings. The number of anilines is 2. The maximum atomic E-state index is 13.3. The van der Waals surface area contributed by atoms with Crippen molar-refractivity contribution in [2.24, 2.45) is 0 Å². The highest BCUT2D eigenvalue weighted by molar-refractivity contribution is 7.91. The van der Waals surface area contributed by atoms with Crippen LogP contribution in [0.2, 0.25) is 0 Å². The first-order valence-corrected chi connectivity index (χ1v) is 10.8. The predicted molar refractivity (Wildman–Crippen MR) is 105 cm³/mol. The SMILES string of the molecule is CCOc1ccc(N2C(=O)N(c3ccccc3C)[C@H]3CS(=O)(=O)C[C@H]32)cc1. The Morgan fingerprint density at radius 3 is 2.26 bits per heavy atom. The van der Waals surface area contributed by atoms with Crippen LogP contribution in [0.5, 0.6) is 5.75 Å². The smallest absolute Gasteiger partial charge is 0.329 e. The molecule has 2 heterocycles. The standard InChI is InChI=1S/C20H22N2O4S/c1-3-26-16-10-8-15(9-11-16)21-18-12-27(24,25)13-19(18)22(20(21)23)17-7-5-4-6-14(17)2/h4-11,18-19H,3,12-13H2,1-2H3/t18-,19+/m1/s1. The average Bonchev–Trinajstić information content (AvgIpc) is 3.06. The van der Waals surface area contributed by atoms with Gasteiger partial charge in [-0.15, -0.1) is 0 Å². The third kappa shape index (κ3) is 3.06. The molecule has 0 saturated carbocycles. The van der Waals surface area contributed by atoms with E-state index in [-0.39, 0.29) is 29.6 Å². The van der Waals surface area contributed by atoms with Crippen molar-refractivity contribution < 1.29 is 17.9 Å². The van der Waals surface area contributed by atoms with Crippen molar-refractivity contribution in [2.45, 2.75) is 25.9 Å². The van der Waals surface area contributed by atoms with Crippen molar-refractivity contribution in [2.75, 3.05) is 27.9 Å². The van der Waals surface area contributed by atoms with Crippen molar-refractivity contribution in [1.82, 2.24) is 0 Å². The number of para-hydroxylation sites is 1. The molecule has 4 rings (SSSR count). The number of hydrogen-bond donors (Lipinski definition) is 0. The summed E-state index contributed by atoms with van der Waals surface area (Å²) < 4.78 is 30.2. The average molecular weight is 386 g/mol. The summed E-state index contributed by atoms with van der Waals surface area (Å²) in [5, 5.41) is 0. The Hall–Kier alpha value is -2.54. The van der Waals surface area contributed by atoms with E-state index in [0.717, 1.165) is 17.0 Å². The normalized spacial score (nSPS) is 23.6. The Morgan fingerprint density at radius 2 is 1.63 bits per heavy atom. The van der Waals surface area contributed by atoms with Gasteiger partial charge >= 0.3 is 6.03 Å². The van der Waals surface area contributed by atoms with Gasteiger partial charge in [-0.2, -0.15) is 0 Å². The summed E-state index contributed by atoms with van der Waals surface area (Å²) in [5.74, 6) is 0.698. The van der Waals surface area contributed by atoms with Crippen LogP contribution in [-0.2, 0) is 9.84 Å². The number of amides is 2. The number of urea groups is 1. The summed E-state index contributed by atoms with van der Waals surface area (Å²) in [7, 11) is -3.20. The van der Waals surface area contributed by atoms with Gasteiger partial charge in [-0.05, 0) is 49.7 Å². The van der Waals surface area contributed by atoms with Gasteiger partial charge in [0.2, 0.25) is 0 Å². The first kappa shape index (κ1) is 17.9. The summed E-state index contributed by atoms with van der Waals surface area (Å²) in [6.07, 6.45) is 0. The fourth-order valence-corrected chi connectivity index (χ4v) is 5.91. The van der Waals surface area contributed by atoms with Crippen molar-refractivity contribution in [3.8, 4) is 5.75 Å². The van der Waals surface area contributed by atoms with E-state index >= 15 is 0 Å². The van der Waals surface area contributed by atoms with E-state index < -0.39 is 9.84 Å². The molecule has 2 aliphatic heterocycles. The number of ether oxygens (including phenoxy) is 1. The Kier molecular flexibility index (Phi) is 4.34. The van der Waals surface area contributed by atoms with Crippen LogP contribution in [0.3, 0.4) is 0 Å². The Balaban J connectivity index is 1.76. The molecule has 0 radical (unpaired) electrons. The van der Waals surface area contributed by atoms with E-state index in [4.69, 9.17) is 4.74 Å². The molecule has 0 aromatic heterocycles. The minimum atomic E-state index is -3.20. The summed E-state index contributed by atoms with van der Waals surface area (Å²) in [5.41, 5.74) is 2.40. The third-order valence-corrected chi connectivity index (χ3v) is 6.87. The first-order valence-electron chi connectivity index (χ1n) is 9.02. The topological polar surface area (TPSA) is 66.9 Å². The lowest BCUT2D eigenvalue weighted by Gasteiger charge is -2.24. The molecule has 0 unspecified atom stereocenters. The number of sulfone groups is 1. The van der Waals surface area contributed by atoms with Crippen LogP contribution in [0, 0.1) is 6.92 Å². The number of carbonyl (C=O) groups is 1. The lowest BCUT2D eigenvalue weighted by molar-refractivity contribution is 0.255. The first-order chi connectivity index (χ1) is 12.9. The van der Waals surface area contributed by atoms with Gasteiger partial charge in [-0.25, -0.2) is 13.2 Å². The molecule has 2 aromatic rings. The summed E-state index contributed by atoms with van der Waals surface area (Å²) in [6, 6.07) is 13.9. The zero-order valence-electron chi connectivity index (χ0n) is 15.3. The van der Waals surface area contributed by atoms with Crippen LogP contribution in [0.15, 0.2) is 48.5 Å².